The molecule has 0 unspecified atom stereocenters. The highest BCUT2D eigenvalue weighted by atomic mass is 16.5. The number of benzene rings is 9. The summed E-state index contributed by atoms with van der Waals surface area (Å²) in [5, 5.41) is 0. The fourth-order valence-corrected chi connectivity index (χ4v) is 9.39. The monoisotopic (exact) mass is 755 g/mol. The van der Waals surface area contributed by atoms with Gasteiger partial charge in [0.15, 0.2) is 0 Å². The van der Waals surface area contributed by atoms with Crippen LogP contribution in [-0.2, 0) is 5.41 Å². The third kappa shape index (κ3) is 5.79. The Morgan fingerprint density at radius 1 is 0.339 bits per heavy atom. The maximum atomic E-state index is 7.02. The second kappa shape index (κ2) is 13.9. The van der Waals surface area contributed by atoms with E-state index in [1.165, 1.54) is 33.4 Å². The Balaban J connectivity index is 1.03. The van der Waals surface area contributed by atoms with E-state index in [1.807, 2.05) is 0 Å². The average Bonchev–Trinajstić information content (AvgIpc) is 3.42. The first-order chi connectivity index (χ1) is 29.0. The van der Waals surface area contributed by atoms with E-state index < -0.39 is 0 Å². The molecule has 9 aromatic rings. The number of ether oxygens (including phenoxy) is 1. The molecule has 0 radical (unpaired) electrons. The highest BCUT2D eigenvalue weighted by Gasteiger charge is 2.36. The van der Waals surface area contributed by atoms with E-state index in [0.29, 0.717) is 0 Å². The van der Waals surface area contributed by atoms with Gasteiger partial charge in [0.25, 0.3) is 0 Å². The molecule has 1 heterocycles. The summed E-state index contributed by atoms with van der Waals surface area (Å²) in [7, 11) is 0. The molecule has 0 fully saturated rings. The quantitative estimate of drug-likeness (QED) is 0.168. The van der Waals surface area contributed by atoms with Crippen molar-refractivity contribution in [2.24, 2.45) is 0 Å². The fraction of sp³-hybridized carbons (Fsp3) is 0.0526. The van der Waals surface area contributed by atoms with Crippen LogP contribution in [0.15, 0.2) is 212 Å². The van der Waals surface area contributed by atoms with Gasteiger partial charge in [-0.05, 0) is 104 Å². The average molecular weight is 756 g/mol. The Morgan fingerprint density at radius 2 is 0.831 bits per heavy atom. The van der Waals surface area contributed by atoms with E-state index in [0.717, 1.165) is 73.1 Å². The van der Waals surface area contributed by atoms with E-state index in [2.05, 4.69) is 231 Å². The first-order valence-corrected chi connectivity index (χ1v) is 20.4. The number of fused-ring (bicyclic) bond motifs is 8. The normalized spacial score (nSPS) is 12.8. The summed E-state index contributed by atoms with van der Waals surface area (Å²) in [5.74, 6) is 1.73. The Bertz CT molecular complexity index is 3020. The summed E-state index contributed by atoms with van der Waals surface area (Å²) in [5.41, 5.74) is 20.0. The van der Waals surface area contributed by atoms with Gasteiger partial charge in [-0.25, -0.2) is 0 Å². The zero-order valence-corrected chi connectivity index (χ0v) is 33.1. The van der Waals surface area contributed by atoms with Gasteiger partial charge in [0.2, 0.25) is 0 Å². The molecular weight excluding hydrogens is 715 g/mol. The van der Waals surface area contributed by atoms with Gasteiger partial charge in [-0.15, -0.1) is 0 Å². The van der Waals surface area contributed by atoms with Gasteiger partial charge in [-0.2, -0.15) is 0 Å². The first kappa shape index (κ1) is 34.8. The summed E-state index contributed by atoms with van der Waals surface area (Å²) in [6, 6.07) is 76.6. The van der Waals surface area contributed by atoms with Gasteiger partial charge >= 0.3 is 0 Å². The van der Waals surface area contributed by atoms with Crippen LogP contribution in [0.25, 0.3) is 66.8 Å². The van der Waals surface area contributed by atoms with Crippen molar-refractivity contribution in [3.05, 3.63) is 223 Å². The summed E-state index contributed by atoms with van der Waals surface area (Å²) < 4.78 is 7.02. The lowest BCUT2D eigenvalue weighted by Crippen LogP contribution is -2.16. The van der Waals surface area contributed by atoms with Crippen molar-refractivity contribution in [3.8, 4) is 78.3 Å². The van der Waals surface area contributed by atoms with Crippen LogP contribution in [0.2, 0.25) is 0 Å². The van der Waals surface area contributed by atoms with Crippen molar-refractivity contribution in [2.75, 3.05) is 4.90 Å². The van der Waals surface area contributed by atoms with Gasteiger partial charge < -0.3 is 9.64 Å². The minimum atomic E-state index is -0.111. The third-order valence-electron chi connectivity index (χ3n) is 12.3. The highest BCUT2D eigenvalue weighted by molar-refractivity contribution is 5.99. The van der Waals surface area contributed by atoms with Gasteiger partial charge in [-0.1, -0.05) is 184 Å². The van der Waals surface area contributed by atoms with Crippen LogP contribution < -0.4 is 9.64 Å². The summed E-state index contributed by atoms with van der Waals surface area (Å²) in [6.45, 7) is 4.70. The van der Waals surface area contributed by atoms with Crippen LogP contribution in [-0.4, -0.2) is 0 Å². The molecule has 0 N–H and O–H groups in total. The van der Waals surface area contributed by atoms with Crippen LogP contribution in [0.4, 0.5) is 17.1 Å². The number of hydrogen-bond donors (Lipinski definition) is 0. The Kier molecular flexibility index (Phi) is 8.20. The lowest BCUT2D eigenvalue weighted by Gasteiger charge is -2.28. The molecule has 9 aromatic carbocycles. The van der Waals surface area contributed by atoms with E-state index in [-0.39, 0.29) is 5.41 Å². The number of anilines is 3. The maximum Gasteiger partial charge on any atom is 0.143 e. The molecule has 11 rings (SSSR count). The lowest BCUT2D eigenvalue weighted by atomic mass is 9.82. The number of hydrogen-bond acceptors (Lipinski definition) is 2. The van der Waals surface area contributed by atoms with Crippen LogP contribution in [0, 0.1) is 0 Å². The van der Waals surface area contributed by atoms with Crippen LogP contribution in [0.5, 0.6) is 11.5 Å². The molecule has 0 atom stereocenters. The zero-order valence-electron chi connectivity index (χ0n) is 33.1. The summed E-state index contributed by atoms with van der Waals surface area (Å²) >= 11 is 0. The molecule has 2 aliphatic rings. The molecule has 1 aliphatic carbocycles. The second-order valence-electron chi connectivity index (χ2n) is 16.1. The molecule has 0 bridgehead atoms. The zero-order chi connectivity index (χ0) is 39.5. The lowest BCUT2D eigenvalue weighted by molar-refractivity contribution is 0.489. The summed E-state index contributed by atoms with van der Waals surface area (Å²) in [6.07, 6.45) is 0. The molecule has 0 saturated carbocycles. The van der Waals surface area contributed by atoms with E-state index >= 15 is 0 Å². The SMILES string of the molecule is CC1(C)c2ccccc2-c2ccc(N(c3ccc(-c4ccccc4)cc3)c3ccc(-c4cccc5c4-c4ccccc4-c4cccc(-c6ccccc6)c4O5)cc3)cc21. The van der Waals surface area contributed by atoms with Crippen LogP contribution in [0.3, 0.4) is 0 Å². The molecule has 280 valence electrons. The predicted molar refractivity (Wildman–Crippen MR) is 246 cm³/mol. The standard InChI is InChI=1S/C57H41NO/c1-57(2)52-25-12-11-20-48(52)49-36-35-44(37-53(49)57)58(42-31-27-39(28-32-42)38-15-5-3-6-16-38)43-33-29-41(30-34-43)45-22-14-26-54-55(45)50-21-10-9-19-47(50)51-24-13-23-46(56(51)59-54)40-17-7-4-8-18-40/h3-37H,1-2H3. The number of para-hydroxylation sites is 1. The molecule has 2 heteroatoms. The van der Waals surface area contributed by atoms with Gasteiger partial charge in [0, 0.05) is 39.2 Å². The highest BCUT2D eigenvalue weighted by Crippen LogP contribution is 2.54. The Hall–Kier alpha value is -7.42. The predicted octanol–water partition coefficient (Wildman–Crippen LogP) is 15.9. The molecule has 59 heavy (non-hydrogen) atoms. The molecule has 0 aromatic heterocycles. The first-order valence-electron chi connectivity index (χ1n) is 20.4. The minimum Gasteiger partial charge on any atom is -0.455 e. The van der Waals surface area contributed by atoms with Crippen molar-refractivity contribution in [3.63, 3.8) is 0 Å². The van der Waals surface area contributed by atoms with Gasteiger partial charge in [0.05, 0.1) is 0 Å². The van der Waals surface area contributed by atoms with Crippen molar-refractivity contribution >= 4 is 17.1 Å². The van der Waals surface area contributed by atoms with Crippen molar-refractivity contribution in [1.29, 1.82) is 0 Å². The van der Waals surface area contributed by atoms with Gasteiger partial charge in [-0.3, -0.25) is 0 Å². The number of rotatable bonds is 6. The van der Waals surface area contributed by atoms with Crippen LogP contribution in [0.1, 0.15) is 25.0 Å². The van der Waals surface area contributed by atoms with Gasteiger partial charge in [0.1, 0.15) is 11.5 Å². The van der Waals surface area contributed by atoms with Crippen molar-refractivity contribution in [1.82, 2.24) is 0 Å². The Labute approximate surface area is 346 Å². The Morgan fingerprint density at radius 3 is 1.56 bits per heavy atom. The minimum absolute atomic E-state index is 0.111. The maximum absolute atomic E-state index is 7.02. The molecule has 0 spiro atoms. The molecule has 0 saturated heterocycles. The third-order valence-corrected chi connectivity index (χ3v) is 12.3. The van der Waals surface area contributed by atoms with E-state index in [4.69, 9.17) is 4.74 Å². The van der Waals surface area contributed by atoms with E-state index in [9.17, 15) is 0 Å². The van der Waals surface area contributed by atoms with Crippen LogP contribution >= 0.6 is 0 Å². The number of nitrogens with zero attached hydrogens (tertiary/aromatic N) is 1. The topological polar surface area (TPSA) is 12.5 Å². The fourth-order valence-electron chi connectivity index (χ4n) is 9.39. The summed E-state index contributed by atoms with van der Waals surface area (Å²) in [4.78, 5) is 2.39. The molecule has 0 amide bonds. The van der Waals surface area contributed by atoms with Crippen molar-refractivity contribution < 1.29 is 4.74 Å². The van der Waals surface area contributed by atoms with Crippen molar-refractivity contribution in [2.45, 2.75) is 19.3 Å². The smallest absolute Gasteiger partial charge is 0.143 e. The molecule has 2 nitrogen and oxygen atoms in total. The molecular formula is C57H41NO. The van der Waals surface area contributed by atoms with E-state index in [1.54, 1.807) is 0 Å². The molecule has 1 aliphatic heterocycles. The second-order valence-corrected chi connectivity index (χ2v) is 16.1. The largest absolute Gasteiger partial charge is 0.455 e.